The topological polar surface area (TPSA) is 9.72 Å². The van der Waals surface area contributed by atoms with E-state index in [0.29, 0.717) is 5.69 Å². The minimum absolute atomic E-state index is 0.0587. The van der Waals surface area contributed by atoms with Gasteiger partial charge in [-0.25, -0.2) is 0 Å². The van der Waals surface area contributed by atoms with Crippen LogP contribution in [0.5, 0.6) is 0 Å². The standard InChI is InChI=1S/C74H82BN3/c1-66(2,3)46-30-33-57(50(39-46)45-25-17-16-18-26-45)76-59-34-32-54-62-51-40-47(29-31-52(51)69(54,10)11)74(67(4,5)6,68(7,8)9)48-41-55-65-56(42-48)75(64(59)62)63-60(76)43-49(44-61(63)78(65)73(15)38-24-22-36-71(55,73)13)77-58-28-20-19-27-53(58)70(12)35-21-23-37-72(70,77)14/h16-20,25-34,39-44H,21-24,35-38H2,1-15H3/i19D,20D,27D,28D. The van der Waals surface area contributed by atoms with E-state index in [1.54, 1.807) is 0 Å². The van der Waals surface area contributed by atoms with Crippen LogP contribution in [0.1, 0.15) is 200 Å². The molecule has 8 aliphatic rings. The van der Waals surface area contributed by atoms with E-state index in [9.17, 15) is 5.48 Å². The van der Waals surface area contributed by atoms with E-state index in [4.69, 9.17) is 0 Å². The van der Waals surface area contributed by atoms with Crippen LogP contribution in [0.15, 0.2) is 127 Å². The Balaban J connectivity index is 1.17. The zero-order valence-electron chi connectivity index (χ0n) is 53.4. The molecule has 4 unspecified atom stereocenters. The summed E-state index contributed by atoms with van der Waals surface area (Å²) in [5.74, 6) is 0. The fourth-order valence-corrected chi connectivity index (χ4v) is 19.4. The van der Waals surface area contributed by atoms with Crippen LogP contribution in [0.25, 0.3) is 22.3 Å². The molecule has 4 heteroatoms. The maximum absolute atomic E-state index is 10.0. The van der Waals surface area contributed by atoms with Crippen LogP contribution in [0.2, 0.25) is 0 Å². The van der Waals surface area contributed by atoms with Gasteiger partial charge in [0.1, 0.15) is 0 Å². The average Bonchev–Trinajstić information content (AvgIpc) is 1.45. The number of fused-ring (bicyclic) bond motifs is 9. The van der Waals surface area contributed by atoms with Gasteiger partial charge in [0, 0.05) is 61.3 Å². The molecule has 3 nitrogen and oxygen atoms in total. The molecule has 5 heterocycles. The maximum atomic E-state index is 10.0. The van der Waals surface area contributed by atoms with Crippen molar-refractivity contribution in [2.75, 3.05) is 14.7 Å². The molecule has 0 N–H and O–H groups in total. The van der Waals surface area contributed by atoms with E-state index in [1.165, 1.54) is 95.5 Å². The van der Waals surface area contributed by atoms with Gasteiger partial charge in [0.2, 0.25) is 0 Å². The normalized spacial score (nSPS) is 26.8. The Morgan fingerprint density at radius 1 is 0.500 bits per heavy atom. The van der Waals surface area contributed by atoms with Gasteiger partial charge in [-0.05, 0) is 170 Å². The van der Waals surface area contributed by atoms with Crippen molar-refractivity contribution in [1.82, 2.24) is 0 Å². The van der Waals surface area contributed by atoms with Gasteiger partial charge in [-0.1, -0.05) is 201 Å². The number of rotatable bonds is 3. The third-order valence-corrected chi connectivity index (χ3v) is 23.1. The van der Waals surface area contributed by atoms with E-state index in [-0.39, 0.29) is 63.5 Å². The first kappa shape index (κ1) is 44.8. The van der Waals surface area contributed by atoms with Crippen molar-refractivity contribution in [3.8, 4) is 22.3 Å². The first-order valence-corrected chi connectivity index (χ1v) is 29.9. The molecule has 0 radical (unpaired) electrons. The summed E-state index contributed by atoms with van der Waals surface area (Å²) in [5, 5.41) is 0. The smallest absolute Gasteiger partial charge is 0.252 e. The second-order valence-electron chi connectivity index (χ2n) is 30.1. The summed E-state index contributed by atoms with van der Waals surface area (Å²) < 4.78 is 38.4. The molecule has 0 spiro atoms. The number of nitrogens with zero attached hydrogens (tertiary/aromatic N) is 3. The zero-order chi connectivity index (χ0) is 57.9. The Bertz CT molecular complexity index is 4010. The third-order valence-electron chi connectivity index (χ3n) is 23.1. The lowest BCUT2D eigenvalue weighted by Gasteiger charge is -2.56. The van der Waals surface area contributed by atoms with E-state index in [2.05, 4.69) is 222 Å². The highest BCUT2D eigenvalue weighted by atomic mass is 15.3. The lowest BCUT2D eigenvalue weighted by atomic mass is 9.32. The molecule has 4 bridgehead atoms. The van der Waals surface area contributed by atoms with Gasteiger partial charge in [-0.15, -0.1) is 0 Å². The van der Waals surface area contributed by atoms with Crippen molar-refractivity contribution >= 4 is 62.9 Å². The minimum Gasteiger partial charge on any atom is -0.335 e. The molecular weight excluding hydrogens is 942 g/mol. The van der Waals surface area contributed by atoms with Gasteiger partial charge in [-0.3, -0.25) is 0 Å². The fraction of sp³-hybridized carbons (Fsp3) is 0.432. The van der Waals surface area contributed by atoms with Crippen molar-refractivity contribution in [2.24, 2.45) is 10.8 Å². The lowest BCUT2D eigenvalue weighted by molar-refractivity contribution is 0.0905. The lowest BCUT2D eigenvalue weighted by Crippen LogP contribution is -2.65. The van der Waals surface area contributed by atoms with E-state index in [1.807, 2.05) is 0 Å². The van der Waals surface area contributed by atoms with Gasteiger partial charge in [0.05, 0.1) is 22.2 Å². The Morgan fingerprint density at radius 2 is 1.13 bits per heavy atom. The molecule has 15 rings (SSSR count). The number of para-hydroxylation sites is 1. The second kappa shape index (κ2) is 15.1. The van der Waals surface area contributed by atoms with Crippen molar-refractivity contribution in [3.05, 3.63) is 166 Å². The number of anilines is 7. The summed E-state index contributed by atoms with van der Waals surface area (Å²) in [6.45, 7) is 36.7. The number of hydrogen-bond donors (Lipinski definition) is 0. The molecule has 7 aromatic rings. The molecule has 3 aliphatic carbocycles. The van der Waals surface area contributed by atoms with Gasteiger partial charge >= 0.3 is 0 Å². The zero-order valence-corrected chi connectivity index (χ0v) is 49.4. The van der Waals surface area contributed by atoms with Crippen LogP contribution in [0.3, 0.4) is 0 Å². The molecular formula is C74H82BN3. The maximum Gasteiger partial charge on any atom is 0.252 e. The highest BCUT2D eigenvalue weighted by Crippen LogP contribution is 2.68. The summed E-state index contributed by atoms with van der Waals surface area (Å²) in [4.78, 5) is 8.02. The summed E-state index contributed by atoms with van der Waals surface area (Å²) in [6, 6.07) is 41.4. The summed E-state index contributed by atoms with van der Waals surface area (Å²) >= 11 is 0. The molecule has 0 saturated heterocycles. The van der Waals surface area contributed by atoms with Crippen molar-refractivity contribution < 1.29 is 5.48 Å². The molecule has 2 saturated carbocycles. The van der Waals surface area contributed by atoms with E-state index >= 15 is 0 Å². The van der Waals surface area contributed by atoms with E-state index < -0.39 is 16.4 Å². The first-order valence-electron chi connectivity index (χ1n) is 31.9. The molecule has 0 aromatic heterocycles. The third kappa shape index (κ3) is 5.60. The highest BCUT2D eigenvalue weighted by molar-refractivity contribution is 7.01. The molecule has 396 valence electrons. The average molecular weight is 1030 g/mol. The molecule has 2 fully saturated rings. The first-order chi connectivity index (χ1) is 38.5. The number of benzene rings is 7. The molecule has 7 aromatic carbocycles. The summed E-state index contributed by atoms with van der Waals surface area (Å²) in [7, 11) is 0. The molecule has 5 aliphatic heterocycles. The van der Waals surface area contributed by atoms with Gasteiger partial charge in [-0.2, -0.15) is 0 Å². The highest BCUT2D eigenvalue weighted by Gasteiger charge is 2.65. The van der Waals surface area contributed by atoms with Crippen molar-refractivity contribution in [1.29, 1.82) is 0 Å². The summed E-state index contributed by atoms with van der Waals surface area (Å²) in [5.41, 5.74) is 23.5. The SMILES string of the molecule is [2H]c1c([2H])c([2H])c2c(c1[2H])N(c1cc3c4c(c1)N1c5c6cc(cc5C5(C)CCCCC15C)C(C(C)(C)C)(C(C)(C)C)c1ccc5c(c1)-c1c(ccc(c1B64)N3c1ccc(C(C)(C)C)cc1-c1ccccc1)C5(C)C)C1(C)CCCCC21C. The molecule has 0 amide bonds. The fourth-order valence-electron chi connectivity index (χ4n) is 19.4. The van der Waals surface area contributed by atoms with E-state index in [0.717, 1.165) is 67.6 Å². The van der Waals surface area contributed by atoms with Gasteiger partial charge in [0.25, 0.3) is 6.71 Å². The van der Waals surface area contributed by atoms with Crippen molar-refractivity contribution in [2.45, 2.75) is 193 Å². The van der Waals surface area contributed by atoms with Crippen LogP contribution in [0.4, 0.5) is 39.8 Å². The number of hydrogen-bond acceptors (Lipinski definition) is 3. The Morgan fingerprint density at radius 3 is 1.82 bits per heavy atom. The van der Waals surface area contributed by atoms with Crippen LogP contribution < -0.4 is 31.1 Å². The largest absolute Gasteiger partial charge is 0.335 e. The second-order valence-corrected chi connectivity index (χ2v) is 30.1. The Hall–Kier alpha value is -6.00. The van der Waals surface area contributed by atoms with Crippen molar-refractivity contribution in [3.63, 3.8) is 0 Å². The van der Waals surface area contributed by atoms with Gasteiger partial charge < -0.3 is 14.7 Å². The van der Waals surface area contributed by atoms with Gasteiger partial charge in [0.15, 0.2) is 0 Å². The Labute approximate surface area is 473 Å². The molecule has 78 heavy (non-hydrogen) atoms. The van der Waals surface area contributed by atoms with Crippen LogP contribution in [0, 0.1) is 10.8 Å². The van der Waals surface area contributed by atoms with Crippen LogP contribution >= 0.6 is 0 Å². The molecule has 4 atom stereocenters. The van der Waals surface area contributed by atoms with Crippen LogP contribution in [-0.4, -0.2) is 17.8 Å². The predicted octanol–water partition coefficient (Wildman–Crippen LogP) is 17.7. The quantitative estimate of drug-likeness (QED) is 0.163. The summed E-state index contributed by atoms with van der Waals surface area (Å²) in [6.07, 6.45) is 8.24. The van der Waals surface area contributed by atoms with Crippen LogP contribution in [-0.2, 0) is 27.1 Å². The predicted molar refractivity (Wildman–Crippen MR) is 333 cm³/mol. The Kier molecular flexibility index (Phi) is 8.65. The minimum atomic E-state index is -0.546. The monoisotopic (exact) mass is 1030 g/mol.